The number of nitrogens with zero attached hydrogens (tertiary/aromatic N) is 1. The highest BCUT2D eigenvalue weighted by Gasteiger charge is 2.16. The Hall–Kier alpha value is -2.89. The molecule has 6 heteroatoms. The summed E-state index contributed by atoms with van der Waals surface area (Å²) in [6.45, 7) is 3.26. The quantitative estimate of drug-likeness (QED) is 0.913. The molecule has 1 aliphatic rings. The van der Waals surface area contributed by atoms with Crippen molar-refractivity contribution in [2.45, 2.75) is 13.5 Å². The third-order valence-corrected chi connectivity index (χ3v) is 3.80. The Bertz CT molecular complexity index is 733. The van der Waals surface area contributed by atoms with Gasteiger partial charge in [-0.1, -0.05) is 12.1 Å². The largest absolute Gasteiger partial charge is 0.497 e. The second-order valence-corrected chi connectivity index (χ2v) is 5.36. The van der Waals surface area contributed by atoms with Crippen molar-refractivity contribution in [3.05, 3.63) is 48.0 Å². The number of fused-ring (bicyclic) bond motifs is 1. The predicted octanol–water partition coefficient (Wildman–Crippen LogP) is 3.48. The maximum absolute atomic E-state index is 12.5. The van der Waals surface area contributed by atoms with E-state index in [0.717, 1.165) is 17.1 Å². The van der Waals surface area contributed by atoms with E-state index in [-0.39, 0.29) is 12.8 Å². The van der Waals surface area contributed by atoms with E-state index >= 15 is 0 Å². The van der Waals surface area contributed by atoms with Gasteiger partial charge in [-0.25, -0.2) is 4.79 Å². The number of nitrogens with one attached hydrogen (secondary N) is 1. The van der Waals surface area contributed by atoms with E-state index in [2.05, 4.69) is 5.32 Å². The van der Waals surface area contributed by atoms with Crippen molar-refractivity contribution in [2.24, 2.45) is 0 Å². The Balaban J connectivity index is 1.67. The number of benzene rings is 2. The highest BCUT2D eigenvalue weighted by molar-refractivity contribution is 5.89. The van der Waals surface area contributed by atoms with E-state index in [0.29, 0.717) is 24.5 Å². The molecule has 6 nitrogen and oxygen atoms in total. The molecule has 0 radical (unpaired) electrons. The van der Waals surface area contributed by atoms with Gasteiger partial charge >= 0.3 is 6.03 Å². The van der Waals surface area contributed by atoms with Crippen molar-refractivity contribution < 1.29 is 19.0 Å². The molecule has 3 rings (SSSR count). The lowest BCUT2D eigenvalue weighted by Crippen LogP contribution is -2.34. The summed E-state index contributed by atoms with van der Waals surface area (Å²) in [7, 11) is 1.60. The first-order valence-corrected chi connectivity index (χ1v) is 7.78. The zero-order valence-corrected chi connectivity index (χ0v) is 13.7. The number of rotatable bonds is 5. The van der Waals surface area contributed by atoms with Crippen LogP contribution in [0.3, 0.4) is 0 Å². The summed E-state index contributed by atoms with van der Waals surface area (Å²) in [5.41, 5.74) is 1.69. The van der Waals surface area contributed by atoms with Crippen molar-refractivity contribution in [3.63, 3.8) is 0 Å². The molecule has 2 aromatic rings. The highest BCUT2D eigenvalue weighted by atomic mass is 16.7. The molecule has 0 unspecified atom stereocenters. The van der Waals surface area contributed by atoms with Gasteiger partial charge < -0.3 is 24.4 Å². The maximum atomic E-state index is 12.5. The molecule has 24 heavy (non-hydrogen) atoms. The normalized spacial score (nSPS) is 11.9. The third kappa shape index (κ3) is 3.53. The summed E-state index contributed by atoms with van der Waals surface area (Å²) in [5, 5.41) is 2.89. The summed E-state index contributed by atoms with van der Waals surface area (Å²) >= 11 is 0. The van der Waals surface area contributed by atoms with Crippen LogP contribution in [0.15, 0.2) is 42.5 Å². The number of amides is 2. The molecule has 0 saturated heterocycles. The Morgan fingerprint density at radius 3 is 2.83 bits per heavy atom. The Morgan fingerprint density at radius 2 is 2.04 bits per heavy atom. The number of urea groups is 1. The average Bonchev–Trinajstić information content (AvgIpc) is 3.07. The molecule has 1 aliphatic heterocycles. The number of hydrogen-bond donors (Lipinski definition) is 1. The maximum Gasteiger partial charge on any atom is 0.322 e. The molecule has 0 fully saturated rings. The Labute approximate surface area is 140 Å². The molecule has 0 bridgehead atoms. The van der Waals surface area contributed by atoms with Crippen LogP contribution >= 0.6 is 0 Å². The molecule has 0 atom stereocenters. The summed E-state index contributed by atoms with van der Waals surface area (Å²) in [6, 6.07) is 12.8. The van der Waals surface area contributed by atoms with Crippen LogP contribution in [0, 0.1) is 0 Å². The summed E-state index contributed by atoms with van der Waals surface area (Å²) in [4.78, 5) is 14.2. The van der Waals surface area contributed by atoms with Gasteiger partial charge in [0.15, 0.2) is 11.5 Å². The molecule has 1 N–H and O–H groups in total. The SMILES string of the molecule is CCN(Cc1ccc2c(c1)OCO2)C(=O)Nc1cccc(OC)c1. The topological polar surface area (TPSA) is 60.0 Å². The van der Waals surface area contributed by atoms with Crippen molar-refractivity contribution in [1.29, 1.82) is 0 Å². The summed E-state index contributed by atoms with van der Waals surface area (Å²) < 4.78 is 15.9. The molecule has 1 heterocycles. The van der Waals surface area contributed by atoms with Crippen molar-refractivity contribution in [3.8, 4) is 17.2 Å². The summed E-state index contributed by atoms with van der Waals surface area (Å²) in [6.07, 6.45) is 0. The molecule has 0 saturated carbocycles. The third-order valence-electron chi connectivity index (χ3n) is 3.80. The average molecular weight is 328 g/mol. The molecular formula is C18H20N2O4. The smallest absolute Gasteiger partial charge is 0.322 e. The Morgan fingerprint density at radius 1 is 1.21 bits per heavy atom. The van der Waals surface area contributed by atoms with Gasteiger partial charge in [0.2, 0.25) is 6.79 Å². The number of methoxy groups -OCH3 is 1. The fourth-order valence-electron chi connectivity index (χ4n) is 2.49. The standard InChI is InChI=1S/C18H20N2O4/c1-3-20(11-13-7-8-16-17(9-13)24-12-23-16)18(21)19-14-5-4-6-15(10-14)22-2/h4-10H,3,11-12H2,1-2H3,(H,19,21). The lowest BCUT2D eigenvalue weighted by molar-refractivity contribution is 0.174. The van der Waals surface area contributed by atoms with Crippen LogP contribution in [0.4, 0.5) is 10.5 Å². The molecule has 2 aromatic carbocycles. The van der Waals surface area contributed by atoms with Crippen molar-refractivity contribution in [2.75, 3.05) is 25.8 Å². The first kappa shape index (κ1) is 16.0. The number of carbonyl (C=O) groups excluding carboxylic acids is 1. The Kier molecular flexibility index (Phi) is 4.74. The van der Waals surface area contributed by atoms with Gasteiger partial charge in [-0.15, -0.1) is 0 Å². The zero-order valence-electron chi connectivity index (χ0n) is 13.7. The monoisotopic (exact) mass is 328 g/mol. The van der Waals surface area contributed by atoms with Gasteiger partial charge in [-0.05, 0) is 36.8 Å². The first-order valence-electron chi connectivity index (χ1n) is 7.78. The van der Waals surface area contributed by atoms with Crippen LogP contribution in [-0.2, 0) is 6.54 Å². The second kappa shape index (κ2) is 7.12. The van der Waals surface area contributed by atoms with Gasteiger partial charge in [0.1, 0.15) is 5.75 Å². The minimum Gasteiger partial charge on any atom is -0.497 e. The van der Waals surface area contributed by atoms with E-state index in [9.17, 15) is 4.79 Å². The van der Waals surface area contributed by atoms with E-state index < -0.39 is 0 Å². The number of ether oxygens (including phenoxy) is 3. The van der Waals surface area contributed by atoms with Crippen LogP contribution in [-0.4, -0.2) is 31.4 Å². The molecule has 2 amide bonds. The van der Waals surface area contributed by atoms with E-state index in [1.807, 2.05) is 43.3 Å². The van der Waals surface area contributed by atoms with Crippen molar-refractivity contribution in [1.82, 2.24) is 4.90 Å². The van der Waals surface area contributed by atoms with E-state index in [4.69, 9.17) is 14.2 Å². The fourth-order valence-corrected chi connectivity index (χ4v) is 2.49. The van der Waals surface area contributed by atoms with Crippen LogP contribution < -0.4 is 19.5 Å². The van der Waals surface area contributed by atoms with Crippen LogP contribution in [0.2, 0.25) is 0 Å². The van der Waals surface area contributed by atoms with Crippen molar-refractivity contribution >= 4 is 11.7 Å². The lowest BCUT2D eigenvalue weighted by Gasteiger charge is -2.21. The first-order chi connectivity index (χ1) is 11.7. The van der Waals surface area contributed by atoms with Gasteiger partial charge in [0.25, 0.3) is 0 Å². The molecule has 0 aliphatic carbocycles. The van der Waals surface area contributed by atoms with Gasteiger partial charge in [0, 0.05) is 24.8 Å². The van der Waals surface area contributed by atoms with E-state index in [1.54, 1.807) is 18.1 Å². The predicted molar refractivity (Wildman–Crippen MR) is 90.7 cm³/mol. The van der Waals surface area contributed by atoms with Crippen LogP contribution in [0.5, 0.6) is 17.2 Å². The molecule has 0 aromatic heterocycles. The summed E-state index contributed by atoms with van der Waals surface area (Å²) in [5.74, 6) is 2.16. The number of anilines is 1. The van der Waals surface area contributed by atoms with Crippen LogP contribution in [0.1, 0.15) is 12.5 Å². The second-order valence-electron chi connectivity index (χ2n) is 5.36. The van der Waals surface area contributed by atoms with Crippen LogP contribution in [0.25, 0.3) is 0 Å². The van der Waals surface area contributed by atoms with E-state index in [1.165, 1.54) is 0 Å². The van der Waals surface area contributed by atoms with Gasteiger partial charge in [-0.2, -0.15) is 0 Å². The zero-order chi connectivity index (χ0) is 16.9. The molecule has 0 spiro atoms. The minimum absolute atomic E-state index is 0.164. The fraction of sp³-hybridized carbons (Fsp3) is 0.278. The van der Waals surface area contributed by atoms with Gasteiger partial charge in [-0.3, -0.25) is 0 Å². The number of carbonyl (C=O) groups is 1. The van der Waals surface area contributed by atoms with Gasteiger partial charge in [0.05, 0.1) is 7.11 Å². The lowest BCUT2D eigenvalue weighted by atomic mass is 10.2. The highest BCUT2D eigenvalue weighted by Crippen LogP contribution is 2.32. The molecule has 126 valence electrons. The minimum atomic E-state index is -0.164. The molecular weight excluding hydrogens is 308 g/mol. The number of hydrogen-bond acceptors (Lipinski definition) is 4.